The second-order valence-corrected chi connectivity index (χ2v) is 7.85. The number of benzene rings is 1. The van der Waals surface area contributed by atoms with Gasteiger partial charge in [-0.25, -0.2) is 4.98 Å². The number of aryl methyl sites for hydroxylation is 1. The quantitative estimate of drug-likeness (QED) is 0.514. The minimum Gasteiger partial charge on any atom is -0.506 e. The van der Waals surface area contributed by atoms with Crippen molar-refractivity contribution in [3.63, 3.8) is 0 Å². The van der Waals surface area contributed by atoms with Crippen molar-refractivity contribution in [3.8, 4) is 5.75 Å². The van der Waals surface area contributed by atoms with Crippen molar-refractivity contribution in [3.05, 3.63) is 47.3 Å². The highest BCUT2D eigenvalue weighted by molar-refractivity contribution is 5.86. The Hall–Kier alpha value is -2.97. The molecular weight excluding hydrogens is 380 g/mol. The van der Waals surface area contributed by atoms with Crippen LogP contribution in [-0.4, -0.2) is 63.0 Å². The van der Waals surface area contributed by atoms with E-state index in [-0.39, 0.29) is 5.75 Å². The van der Waals surface area contributed by atoms with Gasteiger partial charge in [0.25, 0.3) is 0 Å². The van der Waals surface area contributed by atoms with Gasteiger partial charge in [0.1, 0.15) is 17.7 Å². The molecule has 8 nitrogen and oxygen atoms in total. The highest BCUT2D eigenvalue weighted by Crippen LogP contribution is 2.26. The summed E-state index contributed by atoms with van der Waals surface area (Å²) in [5.41, 5.74) is 9.32. The van der Waals surface area contributed by atoms with Gasteiger partial charge in [-0.2, -0.15) is 0 Å². The molecule has 0 unspecified atom stereocenters. The molecule has 1 aliphatic rings. The molecule has 158 valence electrons. The third-order valence-electron chi connectivity index (χ3n) is 5.67. The van der Waals surface area contributed by atoms with Crippen LogP contribution in [0.2, 0.25) is 0 Å². The molecule has 4 N–H and O–H groups in total. The Morgan fingerprint density at radius 2 is 2.03 bits per heavy atom. The number of hydrogen-bond donors (Lipinski definition) is 3. The van der Waals surface area contributed by atoms with Crippen LogP contribution in [0.3, 0.4) is 0 Å². The molecule has 0 aliphatic carbocycles. The average Bonchev–Trinajstić information content (AvgIpc) is 3.08. The zero-order valence-electron chi connectivity index (χ0n) is 17.2. The van der Waals surface area contributed by atoms with Gasteiger partial charge < -0.3 is 25.6 Å². The summed E-state index contributed by atoms with van der Waals surface area (Å²) in [5.74, 6) is 0.878. The fourth-order valence-corrected chi connectivity index (χ4v) is 4.02. The smallest absolute Gasteiger partial charge is 0.204 e. The SMILES string of the molecule is Cc1ccc(O)c(Cn2c(NC3CCN(CCN)CC3)nc3ccc(C=O)cc32)n1. The van der Waals surface area contributed by atoms with Crippen LogP contribution in [-0.2, 0) is 6.54 Å². The van der Waals surface area contributed by atoms with Crippen molar-refractivity contribution in [2.24, 2.45) is 5.73 Å². The van der Waals surface area contributed by atoms with Gasteiger partial charge in [-0.1, -0.05) is 0 Å². The first-order valence-corrected chi connectivity index (χ1v) is 10.4. The minimum absolute atomic E-state index is 0.148. The maximum absolute atomic E-state index is 11.3. The lowest BCUT2D eigenvalue weighted by atomic mass is 10.1. The van der Waals surface area contributed by atoms with Gasteiger partial charge in [0.15, 0.2) is 0 Å². The van der Waals surface area contributed by atoms with Crippen LogP contribution in [0.1, 0.15) is 34.6 Å². The Kier molecular flexibility index (Phi) is 5.96. The lowest BCUT2D eigenvalue weighted by Gasteiger charge is -2.32. The topological polar surface area (TPSA) is 109 Å². The number of imidazole rings is 1. The summed E-state index contributed by atoms with van der Waals surface area (Å²) in [5, 5.41) is 13.9. The molecule has 0 amide bonds. The molecule has 2 aromatic heterocycles. The maximum atomic E-state index is 11.3. The Morgan fingerprint density at radius 3 is 2.77 bits per heavy atom. The highest BCUT2D eigenvalue weighted by atomic mass is 16.3. The number of carbonyl (C=O) groups is 1. The summed E-state index contributed by atoms with van der Waals surface area (Å²) in [7, 11) is 0. The Labute approximate surface area is 175 Å². The zero-order chi connectivity index (χ0) is 21.1. The number of aldehydes is 1. The molecule has 0 saturated carbocycles. The third kappa shape index (κ3) is 4.29. The molecule has 3 aromatic rings. The first-order chi connectivity index (χ1) is 14.6. The fourth-order valence-electron chi connectivity index (χ4n) is 4.02. The molecule has 8 heteroatoms. The number of anilines is 1. The van der Waals surface area contributed by atoms with Crippen LogP contribution < -0.4 is 11.1 Å². The molecule has 3 heterocycles. The van der Waals surface area contributed by atoms with Crippen molar-refractivity contribution >= 4 is 23.3 Å². The second kappa shape index (κ2) is 8.81. The molecule has 0 radical (unpaired) electrons. The van der Waals surface area contributed by atoms with Crippen molar-refractivity contribution < 1.29 is 9.90 Å². The van der Waals surface area contributed by atoms with Crippen LogP contribution in [0.4, 0.5) is 5.95 Å². The number of nitrogens with zero attached hydrogens (tertiary/aromatic N) is 4. The molecule has 1 fully saturated rings. The lowest BCUT2D eigenvalue weighted by Crippen LogP contribution is -2.41. The van der Waals surface area contributed by atoms with Crippen molar-refractivity contribution in [1.29, 1.82) is 0 Å². The molecule has 0 bridgehead atoms. The van der Waals surface area contributed by atoms with Crippen LogP contribution in [0, 0.1) is 6.92 Å². The van der Waals surface area contributed by atoms with Gasteiger partial charge in [-0.05, 0) is 50.1 Å². The van der Waals surface area contributed by atoms with E-state index in [9.17, 15) is 9.90 Å². The largest absolute Gasteiger partial charge is 0.506 e. The average molecular weight is 409 g/mol. The second-order valence-electron chi connectivity index (χ2n) is 7.85. The summed E-state index contributed by atoms with van der Waals surface area (Å²) < 4.78 is 2.00. The standard InChI is InChI=1S/C22H28N6O2/c1-15-2-5-21(30)19(24-15)13-28-20-12-16(14-29)3-4-18(20)26-22(28)25-17-6-9-27(10-7-17)11-8-23/h2-5,12,14,17,30H,6-11,13,23H2,1H3,(H,25,26). The van der Waals surface area contributed by atoms with Crippen molar-refractivity contribution in [2.75, 3.05) is 31.5 Å². The number of aromatic nitrogens is 3. The van der Waals surface area contributed by atoms with Crippen LogP contribution in [0.15, 0.2) is 30.3 Å². The molecule has 1 saturated heterocycles. The Balaban J connectivity index is 1.66. The van der Waals surface area contributed by atoms with E-state index in [1.54, 1.807) is 18.2 Å². The molecule has 0 spiro atoms. The van der Waals surface area contributed by atoms with E-state index in [1.165, 1.54) is 0 Å². The maximum Gasteiger partial charge on any atom is 0.204 e. The number of aromatic hydroxyl groups is 1. The van der Waals surface area contributed by atoms with E-state index in [1.807, 2.05) is 23.6 Å². The minimum atomic E-state index is 0.148. The Morgan fingerprint density at radius 1 is 1.23 bits per heavy atom. The fraction of sp³-hybridized carbons (Fsp3) is 0.409. The summed E-state index contributed by atoms with van der Waals surface area (Å²) in [6.07, 6.45) is 2.85. The predicted molar refractivity (Wildman–Crippen MR) is 117 cm³/mol. The first-order valence-electron chi connectivity index (χ1n) is 10.4. The summed E-state index contributed by atoms with van der Waals surface area (Å²) in [4.78, 5) is 23.0. The number of likely N-dealkylation sites (tertiary alicyclic amines) is 1. The van der Waals surface area contributed by atoms with Gasteiger partial charge in [-0.15, -0.1) is 0 Å². The number of piperidine rings is 1. The molecule has 1 aromatic carbocycles. The monoisotopic (exact) mass is 408 g/mol. The summed E-state index contributed by atoms with van der Waals surface area (Å²) >= 11 is 0. The normalized spacial score (nSPS) is 15.5. The number of fused-ring (bicyclic) bond motifs is 1. The number of hydrogen-bond acceptors (Lipinski definition) is 7. The van der Waals surface area contributed by atoms with Crippen LogP contribution >= 0.6 is 0 Å². The van der Waals surface area contributed by atoms with E-state index in [2.05, 4.69) is 15.2 Å². The summed E-state index contributed by atoms with van der Waals surface area (Å²) in [6.45, 7) is 5.88. The van der Waals surface area contributed by atoms with E-state index >= 15 is 0 Å². The molecule has 1 aliphatic heterocycles. The van der Waals surface area contributed by atoms with Gasteiger partial charge in [0, 0.05) is 43.5 Å². The highest BCUT2D eigenvalue weighted by Gasteiger charge is 2.22. The van der Waals surface area contributed by atoms with Crippen molar-refractivity contribution in [1.82, 2.24) is 19.4 Å². The van der Waals surface area contributed by atoms with Gasteiger partial charge in [0.2, 0.25) is 5.95 Å². The first kappa shape index (κ1) is 20.3. The van der Waals surface area contributed by atoms with E-state index in [0.717, 1.165) is 61.4 Å². The molecule has 4 rings (SSSR count). The van der Waals surface area contributed by atoms with E-state index in [4.69, 9.17) is 10.7 Å². The number of carbonyl (C=O) groups excluding carboxylic acids is 1. The number of rotatable bonds is 7. The van der Waals surface area contributed by atoms with E-state index < -0.39 is 0 Å². The number of nitrogens with two attached hydrogens (primary N) is 1. The molecule has 0 atom stereocenters. The lowest BCUT2D eigenvalue weighted by molar-refractivity contribution is 0.112. The van der Waals surface area contributed by atoms with Crippen LogP contribution in [0.25, 0.3) is 11.0 Å². The van der Waals surface area contributed by atoms with Gasteiger partial charge in [0.05, 0.1) is 17.6 Å². The van der Waals surface area contributed by atoms with Gasteiger partial charge >= 0.3 is 0 Å². The summed E-state index contributed by atoms with van der Waals surface area (Å²) in [6, 6.07) is 9.20. The zero-order valence-corrected chi connectivity index (χ0v) is 17.2. The predicted octanol–water partition coefficient (Wildman–Crippen LogP) is 2.14. The Bertz CT molecular complexity index is 1040. The number of pyridine rings is 1. The molecule has 30 heavy (non-hydrogen) atoms. The van der Waals surface area contributed by atoms with E-state index in [0.29, 0.717) is 30.4 Å². The van der Waals surface area contributed by atoms with Gasteiger partial charge in [-0.3, -0.25) is 9.78 Å². The number of nitrogens with one attached hydrogen (secondary N) is 1. The van der Waals surface area contributed by atoms with Crippen molar-refractivity contribution in [2.45, 2.75) is 32.4 Å². The van der Waals surface area contributed by atoms with Crippen LogP contribution in [0.5, 0.6) is 5.75 Å². The third-order valence-corrected chi connectivity index (χ3v) is 5.67. The molecular formula is C22H28N6O2.